The second-order valence-electron chi connectivity index (χ2n) is 6.08. The van der Waals surface area contributed by atoms with Crippen LogP contribution in [0.2, 0.25) is 0 Å². The summed E-state index contributed by atoms with van der Waals surface area (Å²) in [6.45, 7) is 10.8. The van der Waals surface area contributed by atoms with Gasteiger partial charge in [-0.1, -0.05) is 12.2 Å². The minimum absolute atomic E-state index is 0.0326. The second-order valence-corrected chi connectivity index (χ2v) is 6.08. The van der Waals surface area contributed by atoms with E-state index in [1.54, 1.807) is 12.1 Å². The van der Waals surface area contributed by atoms with Crippen LogP contribution in [0.4, 0.5) is 22.7 Å². The van der Waals surface area contributed by atoms with Gasteiger partial charge in [-0.3, -0.25) is 10.1 Å². The maximum Gasteiger partial charge on any atom is 0.269 e. The molecule has 7 heteroatoms. The number of likely N-dealkylation sites (N-methyl/N-ethyl adjacent to an activating group) is 1. The van der Waals surface area contributed by atoms with Crippen molar-refractivity contribution in [3.63, 3.8) is 0 Å². The molecule has 0 amide bonds. The lowest BCUT2D eigenvalue weighted by molar-refractivity contribution is -0.384. The number of ether oxygens (including phenoxy) is 1. The Hall–Kier alpha value is -3.06. The number of benzene rings is 2. The Morgan fingerprint density at radius 2 is 1.67 bits per heavy atom. The lowest BCUT2D eigenvalue weighted by Crippen LogP contribution is -2.27. The molecule has 0 aliphatic heterocycles. The van der Waals surface area contributed by atoms with Crippen LogP contribution in [-0.2, 0) is 4.74 Å². The molecule has 142 valence electrons. The van der Waals surface area contributed by atoms with Gasteiger partial charge >= 0.3 is 0 Å². The van der Waals surface area contributed by atoms with E-state index in [1.165, 1.54) is 12.1 Å². The predicted octanol–water partition coefficient (Wildman–Crippen LogP) is 5.43. The Balaban J connectivity index is 1.94. The molecule has 0 atom stereocenters. The first kappa shape index (κ1) is 20.3. The van der Waals surface area contributed by atoms with Crippen molar-refractivity contribution in [2.45, 2.75) is 13.8 Å². The van der Waals surface area contributed by atoms with E-state index in [-0.39, 0.29) is 5.69 Å². The number of azo groups is 1. The number of anilines is 1. The molecule has 0 N–H and O–H groups in total. The molecule has 0 saturated carbocycles. The summed E-state index contributed by atoms with van der Waals surface area (Å²) in [6.07, 6.45) is 0. The van der Waals surface area contributed by atoms with Gasteiger partial charge in [0.1, 0.15) is 0 Å². The molecule has 7 nitrogen and oxygen atoms in total. The molecule has 2 aromatic carbocycles. The molecule has 0 heterocycles. The molecule has 0 fully saturated rings. The molecule has 0 aliphatic rings. The summed E-state index contributed by atoms with van der Waals surface area (Å²) >= 11 is 0. The number of nitro benzene ring substituents is 1. The van der Waals surface area contributed by atoms with Crippen LogP contribution in [0.25, 0.3) is 0 Å². The highest BCUT2D eigenvalue weighted by Gasteiger charge is 2.05. The van der Waals surface area contributed by atoms with Crippen molar-refractivity contribution < 1.29 is 9.66 Å². The third kappa shape index (κ3) is 6.63. The van der Waals surface area contributed by atoms with Crippen LogP contribution in [0, 0.1) is 10.1 Å². The first-order valence-corrected chi connectivity index (χ1v) is 8.73. The molecular formula is C20H24N4O3. The summed E-state index contributed by atoms with van der Waals surface area (Å²) in [5.41, 5.74) is 3.41. The van der Waals surface area contributed by atoms with Crippen molar-refractivity contribution >= 4 is 22.7 Å². The monoisotopic (exact) mass is 368 g/mol. The molecule has 27 heavy (non-hydrogen) atoms. The lowest BCUT2D eigenvalue weighted by Gasteiger charge is -2.23. The van der Waals surface area contributed by atoms with Gasteiger partial charge in [-0.05, 0) is 50.2 Å². The third-order valence-electron chi connectivity index (χ3n) is 3.79. The van der Waals surface area contributed by atoms with Gasteiger partial charge in [0.25, 0.3) is 5.69 Å². The average molecular weight is 368 g/mol. The van der Waals surface area contributed by atoms with E-state index in [4.69, 9.17) is 4.74 Å². The molecule has 0 radical (unpaired) electrons. The molecule has 0 saturated heterocycles. The summed E-state index contributed by atoms with van der Waals surface area (Å²) in [5.74, 6) is 0. The van der Waals surface area contributed by atoms with Crippen LogP contribution >= 0.6 is 0 Å². The lowest BCUT2D eigenvalue weighted by atomic mass is 10.2. The number of hydrogen-bond donors (Lipinski definition) is 0. The summed E-state index contributed by atoms with van der Waals surface area (Å²) in [4.78, 5) is 12.4. The SMILES string of the molecule is C=C(C)COCCN(CC)c1ccc(/N=N/c2ccc([N+](=O)[O-])cc2)cc1. The smallest absolute Gasteiger partial charge is 0.269 e. The van der Waals surface area contributed by atoms with Crippen LogP contribution in [0.3, 0.4) is 0 Å². The standard InChI is InChI=1S/C20H24N4O3/c1-4-23(13-14-27-15-16(2)3)19-9-5-17(6-10-19)21-22-18-7-11-20(12-8-18)24(25)26/h5-12H,2,4,13-15H2,1,3H3/b22-21+. The number of non-ortho nitro benzene ring substituents is 1. The van der Waals surface area contributed by atoms with Crippen LogP contribution in [-0.4, -0.2) is 31.2 Å². The zero-order valence-electron chi connectivity index (χ0n) is 15.7. The minimum atomic E-state index is -0.442. The fourth-order valence-corrected chi connectivity index (χ4v) is 2.38. The number of rotatable bonds is 10. The minimum Gasteiger partial charge on any atom is -0.375 e. The largest absolute Gasteiger partial charge is 0.375 e. The first-order valence-electron chi connectivity index (χ1n) is 8.73. The Bertz CT molecular complexity index is 786. The van der Waals surface area contributed by atoms with E-state index in [0.29, 0.717) is 24.6 Å². The predicted molar refractivity (Wildman–Crippen MR) is 107 cm³/mol. The van der Waals surface area contributed by atoms with Gasteiger partial charge < -0.3 is 9.64 Å². The van der Waals surface area contributed by atoms with Crippen LogP contribution in [0.1, 0.15) is 13.8 Å². The fourth-order valence-electron chi connectivity index (χ4n) is 2.38. The quantitative estimate of drug-likeness (QED) is 0.184. The van der Waals surface area contributed by atoms with Gasteiger partial charge in [0.2, 0.25) is 0 Å². The number of nitrogens with zero attached hydrogens (tertiary/aromatic N) is 4. The second kappa shape index (κ2) is 10.2. The highest BCUT2D eigenvalue weighted by molar-refractivity contribution is 5.53. The van der Waals surface area contributed by atoms with Crippen molar-refractivity contribution in [3.8, 4) is 0 Å². The zero-order valence-corrected chi connectivity index (χ0v) is 15.7. The van der Waals surface area contributed by atoms with E-state index in [9.17, 15) is 10.1 Å². The summed E-state index contributed by atoms with van der Waals surface area (Å²) < 4.78 is 5.57. The van der Waals surface area contributed by atoms with Crippen LogP contribution in [0.5, 0.6) is 0 Å². The third-order valence-corrected chi connectivity index (χ3v) is 3.79. The molecule has 0 aliphatic carbocycles. The molecule has 0 spiro atoms. The van der Waals surface area contributed by atoms with E-state index in [0.717, 1.165) is 24.4 Å². The molecular weight excluding hydrogens is 344 g/mol. The summed E-state index contributed by atoms with van der Waals surface area (Å²) in [7, 11) is 0. The Morgan fingerprint density at radius 3 is 2.15 bits per heavy atom. The van der Waals surface area contributed by atoms with E-state index in [2.05, 4.69) is 28.6 Å². The first-order chi connectivity index (χ1) is 13.0. The molecule has 0 bridgehead atoms. The van der Waals surface area contributed by atoms with Gasteiger partial charge in [0, 0.05) is 30.9 Å². The van der Waals surface area contributed by atoms with Crippen LogP contribution in [0.15, 0.2) is 70.9 Å². The van der Waals surface area contributed by atoms with Crippen molar-refractivity contribution in [1.29, 1.82) is 0 Å². The highest BCUT2D eigenvalue weighted by atomic mass is 16.6. The molecule has 0 aromatic heterocycles. The van der Waals surface area contributed by atoms with Gasteiger partial charge in [0.05, 0.1) is 29.5 Å². The maximum absolute atomic E-state index is 10.7. The normalized spacial score (nSPS) is 10.9. The highest BCUT2D eigenvalue weighted by Crippen LogP contribution is 2.23. The van der Waals surface area contributed by atoms with E-state index >= 15 is 0 Å². The maximum atomic E-state index is 10.7. The van der Waals surface area contributed by atoms with Gasteiger partial charge in [-0.25, -0.2) is 0 Å². The van der Waals surface area contributed by atoms with Crippen LogP contribution < -0.4 is 4.90 Å². The Kier molecular flexibility index (Phi) is 7.63. The van der Waals surface area contributed by atoms with Crippen molar-refractivity contribution in [2.24, 2.45) is 10.2 Å². The summed E-state index contributed by atoms with van der Waals surface area (Å²) in [5, 5.41) is 18.9. The van der Waals surface area contributed by atoms with E-state index in [1.807, 2.05) is 31.2 Å². The van der Waals surface area contributed by atoms with Gasteiger partial charge in [-0.15, -0.1) is 0 Å². The van der Waals surface area contributed by atoms with Crippen molar-refractivity contribution in [3.05, 3.63) is 70.8 Å². The Labute approximate surface area is 159 Å². The van der Waals surface area contributed by atoms with Crippen molar-refractivity contribution in [2.75, 3.05) is 31.2 Å². The van der Waals surface area contributed by atoms with Gasteiger partial charge in [0.15, 0.2) is 0 Å². The number of nitro groups is 1. The van der Waals surface area contributed by atoms with E-state index < -0.39 is 4.92 Å². The molecule has 0 unspecified atom stereocenters. The zero-order chi connectivity index (χ0) is 19.6. The van der Waals surface area contributed by atoms with Gasteiger partial charge in [-0.2, -0.15) is 10.2 Å². The molecule has 2 aromatic rings. The number of hydrogen-bond acceptors (Lipinski definition) is 6. The summed E-state index contributed by atoms with van der Waals surface area (Å²) in [6, 6.07) is 13.7. The topological polar surface area (TPSA) is 80.3 Å². The average Bonchev–Trinajstić information content (AvgIpc) is 2.67. The molecule has 2 rings (SSSR count). The fraction of sp³-hybridized carbons (Fsp3) is 0.300. The Morgan fingerprint density at radius 1 is 1.11 bits per heavy atom. The van der Waals surface area contributed by atoms with Crippen molar-refractivity contribution in [1.82, 2.24) is 0 Å².